The van der Waals surface area contributed by atoms with E-state index >= 15 is 0 Å². The highest BCUT2D eigenvalue weighted by Gasteiger charge is 1.81. The van der Waals surface area contributed by atoms with Gasteiger partial charge in [-0.1, -0.05) is 13.8 Å². The third-order valence-corrected chi connectivity index (χ3v) is 1.08. The van der Waals surface area contributed by atoms with Crippen LogP contribution in [0.3, 0.4) is 0 Å². The summed E-state index contributed by atoms with van der Waals surface area (Å²) in [6.07, 6.45) is 0. The van der Waals surface area contributed by atoms with E-state index in [2.05, 4.69) is 54.1 Å². The van der Waals surface area contributed by atoms with Gasteiger partial charge in [-0.25, -0.2) is 0 Å². The predicted octanol–water partition coefficient (Wildman–Crippen LogP) is 2.65. The van der Waals surface area contributed by atoms with Crippen LogP contribution in [-0.2, 0) is 0 Å². The topological polar surface area (TPSA) is 3.24 Å². The van der Waals surface area contributed by atoms with Crippen LogP contribution in [0.2, 0.25) is 0 Å². The van der Waals surface area contributed by atoms with Gasteiger partial charge < -0.3 is 4.90 Å². The van der Waals surface area contributed by atoms with Crippen LogP contribution in [0.1, 0.15) is 13.8 Å². The molecule has 0 N–H and O–H groups in total. The van der Waals surface area contributed by atoms with E-state index in [4.69, 9.17) is 0 Å². The van der Waals surface area contributed by atoms with Crippen LogP contribution < -0.4 is 0 Å². The van der Waals surface area contributed by atoms with Gasteiger partial charge in [0.05, 0.1) is 0 Å². The standard InChI is InChI=1S/C5H13N.Br2/c1-4-6(3)5-2;1-2/h4-5H2,1-3H3;. The molecule has 0 aromatic rings. The molecule has 0 atom stereocenters. The molecule has 0 bridgehead atoms. The molecule has 1 nitrogen and oxygen atoms in total. The van der Waals surface area contributed by atoms with Crippen molar-refractivity contribution >= 4 is 28.3 Å². The minimum Gasteiger partial charge on any atom is -0.307 e. The molecular weight excluding hydrogens is 234 g/mol. The molecule has 0 saturated carbocycles. The van der Waals surface area contributed by atoms with Crippen molar-refractivity contribution in [2.24, 2.45) is 0 Å². The summed E-state index contributed by atoms with van der Waals surface area (Å²) in [4.78, 5) is 2.25. The first-order chi connectivity index (χ1) is 3.81. The summed E-state index contributed by atoms with van der Waals surface area (Å²) in [6, 6.07) is 0. The second kappa shape index (κ2) is 10.8. The maximum Gasteiger partial charge on any atom is 0 e. The lowest BCUT2D eigenvalue weighted by molar-refractivity contribution is 0.373. The highest BCUT2D eigenvalue weighted by atomic mass is 80.9. The smallest absolute Gasteiger partial charge is 0 e. The molecule has 0 radical (unpaired) electrons. The Balaban J connectivity index is 0. The molecule has 0 aromatic heterocycles. The van der Waals surface area contributed by atoms with Crippen LogP contribution in [0.15, 0.2) is 0 Å². The van der Waals surface area contributed by atoms with Crippen molar-refractivity contribution in [1.82, 2.24) is 4.90 Å². The van der Waals surface area contributed by atoms with E-state index < -0.39 is 0 Å². The summed E-state index contributed by atoms with van der Waals surface area (Å²) in [6.45, 7) is 6.64. The van der Waals surface area contributed by atoms with Gasteiger partial charge in [-0.15, -0.1) is 0 Å². The molecule has 0 aliphatic rings. The van der Waals surface area contributed by atoms with Crippen LogP contribution in [0, 0.1) is 0 Å². The van der Waals surface area contributed by atoms with Crippen molar-refractivity contribution in [3.8, 4) is 0 Å². The molecule has 52 valence electrons. The van der Waals surface area contributed by atoms with Gasteiger partial charge in [-0.2, -0.15) is 0 Å². The maximum absolute atomic E-state index is 2.75. The summed E-state index contributed by atoms with van der Waals surface area (Å²) in [7, 11) is 2.11. The molecule has 0 heterocycles. The van der Waals surface area contributed by atoms with Crippen LogP contribution in [0.25, 0.3) is 0 Å². The largest absolute Gasteiger partial charge is 0.307 e. The Bertz CT molecular complexity index is 29.6. The van der Waals surface area contributed by atoms with Crippen molar-refractivity contribution in [2.75, 3.05) is 20.1 Å². The van der Waals surface area contributed by atoms with Crippen LogP contribution in [0.5, 0.6) is 0 Å². The monoisotopic (exact) mass is 245 g/mol. The van der Waals surface area contributed by atoms with Gasteiger partial charge in [-0.3, -0.25) is 0 Å². The molecule has 0 rings (SSSR count). The Morgan fingerprint density at radius 2 is 1.38 bits per heavy atom. The lowest BCUT2D eigenvalue weighted by Gasteiger charge is -2.07. The minimum atomic E-state index is 1.16. The first kappa shape index (κ1) is 11.7. The van der Waals surface area contributed by atoms with E-state index in [0.717, 1.165) is 13.1 Å². The van der Waals surface area contributed by atoms with Crippen LogP contribution >= 0.6 is 28.3 Å². The lowest BCUT2D eigenvalue weighted by Crippen LogP contribution is -2.15. The van der Waals surface area contributed by atoms with E-state index in [1.54, 1.807) is 0 Å². The highest BCUT2D eigenvalue weighted by molar-refractivity contribution is 9.93. The fourth-order valence-corrected chi connectivity index (χ4v) is 0.224. The molecule has 0 unspecified atom stereocenters. The Morgan fingerprint density at radius 1 is 1.12 bits per heavy atom. The fourth-order valence-electron chi connectivity index (χ4n) is 0.224. The molecule has 0 fully saturated rings. The Hall–Kier alpha value is 0.920. The van der Waals surface area contributed by atoms with Gasteiger partial charge in [0.15, 0.2) is 0 Å². The minimum absolute atomic E-state index is 1.16. The number of hydrogen-bond acceptors (Lipinski definition) is 1. The van der Waals surface area contributed by atoms with Gasteiger partial charge in [0, 0.05) is 28.3 Å². The summed E-state index contributed by atoms with van der Waals surface area (Å²) >= 11 is 5.50. The molecule has 0 aromatic carbocycles. The van der Waals surface area contributed by atoms with Gasteiger partial charge in [0.25, 0.3) is 0 Å². The molecule has 0 spiro atoms. The molecule has 3 heteroatoms. The molecule has 0 amide bonds. The third kappa shape index (κ3) is 10.0. The zero-order chi connectivity index (χ0) is 6.99. The van der Waals surface area contributed by atoms with Crippen molar-refractivity contribution in [3.05, 3.63) is 0 Å². The zero-order valence-electron chi connectivity index (χ0n) is 5.62. The molecular formula is C5H13Br2N. The van der Waals surface area contributed by atoms with Gasteiger partial charge in [0.2, 0.25) is 0 Å². The first-order valence-electron chi connectivity index (χ1n) is 2.64. The Morgan fingerprint density at radius 3 is 1.38 bits per heavy atom. The Kier molecular flexibility index (Phi) is 15.8. The number of rotatable bonds is 2. The van der Waals surface area contributed by atoms with Crippen molar-refractivity contribution in [2.45, 2.75) is 13.8 Å². The molecule has 0 aliphatic carbocycles. The first-order valence-corrected chi connectivity index (χ1v) is 6.35. The number of halogens is 2. The number of nitrogens with zero attached hydrogens (tertiary/aromatic N) is 1. The summed E-state index contributed by atoms with van der Waals surface area (Å²) in [5, 5.41) is 0. The Labute approximate surface area is 67.3 Å². The third-order valence-electron chi connectivity index (χ3n) is 1.08. The average molecular weight is 247 g/mol. The van der Waals surface area contributed by atoms with Crippen molar-refractivity contribution < 1.29 is 0 Å². The summed E-state index contributed by atoms with van der Waals surface area (Å²) in [5.41, 5.74) is 0. The van der Waals surface area contributed by atoms with Gasteiger partial charge in [-0.05, 0) is 20.1 Å². The second-order valence-corrected chi connectivity index (χ2v) is 1.49. The molecule has 0 saturated heterocycles. The van der Waals surface area contributed by atoms with Gasteiger partial charge in [0.1, 0.15) is 0 Å². The average Bonchev–Trinajstić information content (AvgIpc) is 1.91. The fraction of sp³-hybridized carbons (Fsp3) is 1.00. The number of hydrogen-bond donors (Lipinski definition) is 0. The van der Waals surface area contributed by atoms with Crippen molar-refractivity contribution in [3.63, 3.8) is 0 Å². The van der Waals surface area contributed by atoms with E-state index in [9.17, 15) is 0 Å². The zero-order valence-corrected chi connectivity index (χ0v) is 8.79. The maximum atomic E-state index is 2.75. The lowest BCUT2D eigenvalue weighted by atomic mass is 10.6. The normalized spacial score (nSPS) is 8.25. The van der Waals surface area contributed by atoms with Gasteiger partial charge >= 0.3 is 0 Å². The summed E-state index contributed by atoms with van der Waals surface area (Å²) < 4.78 is 0. The van der Waals surface area contributed by atoms with Crippen LogP contribution in [-0.4, -0.2) is 25.0 Å². The second-order valence-electron chi connectivity index (χ2n) is 1.49. The molecule has 8 heavy (non-hydrogen) atoms. The van der Waals surface area contributed by atoms with E-state index in [1.165, 1.54) is 0 Å². The van der Waals surface area contributed by atoms with E-state index in [1.807, 2.05) is 0 Å². The van der Waals surface area contributed by atoms with Crippen LogP contribution in [0.4, 0.5) is 0 Å². The van der Waals surface area contributed by atoms with E-state index in [-0.39, 0.29) is 0 Å². The summed E-state index contributed by atoms with van der Waals surface area (Å²) in [5.74, 6) is 0. The molecule has 0 aliphatic heterocycles. The predicted molar refractivity (Wildman–Crippen MR) is 46.7 cm³/mol. The SMILES string of the molecule is BrBr.CCN(C)CC. The highest BCUT2D eigenvalue weighted by Crippen LogP contribution is 1.85. The van der Waals surface area contributed by atoms with Crippen molar-refractivity contribution in [1.29, 1.82) is 0 Å². The quantitative estimate of drug-likeness (QED) is 0.724. The van der Waals surface area contributed by atoms with E-state index in [0.29, 0.717) is 0 Å².